The molecule has 3 aliphatic rings. The van der Waals surface area contributed by atoms with Gasteiger partial charge in [0.1, 0.15) is 11.7 Å². The molecular formula is C21H21F3N2O6. The minimum absolute atomic E-state index is 0.204. The number of halogens is 3. The van der Waals surface area contributed by atoms with Crippen molar-refractivity contribution in [2.24, 2.45) is 11.8 Å². The summed E-state index contributed by atoms with van der Waals surface area (Å²) in [6, 6.07) is 4.18. The molecule has 0 spiro atoms. The maximum atomic E-state index is 13.4. The van der Waals surface area contributed by atoms with Gasteiger partial charge in [-0.25, -0.2) is 4.90 Å². The molecule has 1 aromatic rings. The zero-order chi connectivity index (χ0) is 23.6. The number of carbonyl (C=O) groups is 2. The summed E-state index contributed by atoms with van der Waals surface area (Å²) < 4.78 is 52.0. The van der Waals surface area contributed by atoms with Crippen LogP contribution < -0.4 is 4.90 Å². The van der Waals surface area contributed by atoms with Crippen LogP contribution in [0.25, 0.3) is 0 Å². The van der Waals surface area contributed by atoms with Crippen molar-refractivity contribution in [1.29, 1.82) is 5.26 Å². The van der Waals surface area contributed by atoms with Gasteiger partial charge in [0.15, 0.2) is 0 Å². The first kappa shape index (κ1) is 22.7. The average Bonchev–Trinajstić information content (AvgIpc) is 3.25. The lowest BCUT2D eigenvalue weighted by molar-refractivity contribution is -0.139. The smallest absolute Gasteiger partial charge is 0.394 e. The fraction of sp³-hybridized carbons (Fsp3) is 0.571. The molecule has 0 saturated carbocycles. The maximum absolute atomic E-state index is 13.4. The Kier molecular flexibility index (Phi) is 5.13. The Balaban J connectivity index is 1.69. The molecule has 4 rings (SSSR count). The Morgan fingerprint density at radius 2 is 1.97 bits per heavy atom. The summed E-state index contributed by atoms with van der Waals surface area (Å²) in [5.41, 5.74) is -4.43. The molecule has 3 fully saturated rings. The number of amides is 2. The van der Waals surface area contributed by atoms with Gasteiger partial charge in [0.25, 0.3) is 0 Å². The summed E-state index contributed by atoms with van der Waals surface area (Å²) in [5.74, 6) is -3.28. The number of benzene rings is 1. The van der Waals surface area contributed by atoms with E-state index in [4.69, 9.17) is 19.8 Å². The summed E-state index contributed by atoms with van der Waals surface area (Å²) in [4.78, 5) is 27.3. The number of nitriles is 1. The number of aliphatic hydroxyl groups excluding tert-OH is 2. The Morgan fingerprint density at radius 1 is 1.31 bits per heavy atom. The number of hydrogen-bond donors (Lipinski definition) is 2. The summed E-state index contributed by atoms with van der Waals surface area (Å²) in [6.07, 6.45) is -6.40. The number of alkyl halides is 3. The van der Waals surface area contributed by atoms with Crippen LogP contribution in [0.4, 0.5) is 18.9 Å². The fourth-order valence-electron chi connectivity index (χ4n) is 5.26. The van der Waals surface area contributed by atoms with E-state index < -0.39 is 71.0 Å². The number of nitrogens with zero attached hydrogens (tertiary/aromatic N) is 2. The molecule has 32 heavy (non-hydrogen) atoms. The average molecular weight is 454 g/mol. The molecule has 3 heterocycles. The van der Waals surface area contributed by atoms with E-state index in [1.165, 1.54) is 6.07 Å². The standard InChI is InChI=1S/C21H21F3N2O6/c1-19-6-14(31-9-12(28)8-27)20(2,32-19)16-15(19)17(29)26(18(16)30)11-4-3-10(7-25)13(5-11)21(22,23)24/h3-5,12,14-16,27-28H,6,8-9H2,1-2H3/t12?,14-,15+,16-,19?,20?/m0/s1. The van der Waals surface area contributed by atoms with E-state index in [0.717, 1.165) is 17.0 Å². The van der Waals surface area contributed by atoms with Crippen LogP contribution in [0, 0.1) is 23.2 Å². The van der Waals surface area contributed by atoms with E-state index >= 15 is 0 Å². The maximum Gasteiger partial charge on any atom is 0.417 e. The molecule has 3 saturated heterocycles. The van der Waals surface area contributed by atoms with Gasteiger partial charge in [0.05, 0.1) is 59.6 Å². The van der Waals surface area contributed by atoms with Gasteiger partial charge in [-0.05, 0) is 32.0 Å². The normalized spacial score (nSPS) is 34.7. The van der Waals surface area contributed by atoms with Gasteiger partial charge >= 0.3 is 6.18 Å². The molecule has 2 bridgehead atoms. The quantitative estimate of drug-likeness (QED) is 0.645. The zero-order valence-electron chi connectivity index (χ0n) is 17.2. The summed E-state index contributed by atoms with van der Waals surface area (Å²) >= 11 is 0. The lowest BCUT2D eigenvalue weighted by Gasteiger charge is -2.35. The molecule has 6 atom stereocenters. The predicted octanol–water partition coefficient (Wildman–Crippen LogP) is 1.37. The third-order valence-electron chi connectivity index (χ3n) is 6.65. The number of fused-ring (bicyclic) bond motifs is 5. The van der Waals surface area contributed by atoms with E-state index in [1.54, 1.807) is 13.8 Å². The van der Waals surface area contributed by atoms with Gasteiger partial charge in [0.2, 0.25) is 11.8 Å². The third kappa shape index (κ3) is 3.13. The largest absolute Gasteiger partial charge is 0.417 e. The van der Waals surface area contributed by atoms with E-state index in [0.29, 0.717) is 6.07 Å². The minimum atomic E-state index is -4.84. The van der Waals surface area contributed by atoms with Gasteiger partial charge in [-0.1, -0.05) is 0 Å². The molecule has 11 heteroatoms. The summed E-state index contributed by atoms with van der Waals surface area (Å²) in [6.45, 7) is 2.53. The summed E-state index contributed by atoms with van der Waals surface area (Å²) in [5, 5.41) is 27.6. The molecule has 3 aliphatic heterocycles. The van der Waals surface area contributed by atoms with Crippen LogP contribution in [0.3, 0.4) is 0 Å². The highest BCUT2D eigenvalue weighted by molar-refractivity contribution is 6.23. The Bertz CT molecular complexity index is 1020. The van der Waals surface area contributed by atoms with Gasteiger partial charge in [-0.2, -0.15) is 18.4 Å². The predicted molar refractivity (Wildman–Crippen MR) is 101 cm³/mol. The molecule has 2 N–H and O–H groups in total. The molecule has 3 unspecified atom stereocenters. The van der Waals surface area contributed by atoms with Crippen molar-refractivity contribution < 1.29 is 42.4 Å². The van der Waals surface area contributed by atoms with E-state index in [1.807, 2.05) is 0 Å². The molecule has 172 valence electrons. The van der Waals surface area contributed by atoms with Gasteiger partial charge in [-0.3, -0.25) is 9.59 Å². The van der Waals surface area contributed by atoms with E-state index in [9.17, 15) is 27.9 Å². The van der Waals surface area contributed by atoms with Gasteiger partial charge < -0.3 is 19.7 Å². The van der Waals surface area contributed by atoms with Crippen LogP contribution in [-0.2, 0) is 25.2 Å². The number of hydrogen-bond acceptors (Lipinski definition) is 7. The molecule has 0 aromatic heterocycles. The highest BCUT2D eigenvalue weighted by atomic mass is 19.4. The van der Waals surface area contributed by atoms with Crippen LogP contribution >= 0.6 is 0 Å². The summed E-state index contributed by atoms with van der Waals surface area (Å²) in [7, 11) is 0. The van der Waals surface area contributed by atoms with Crippen LogP contribution in [-0.4, -0.2) is 58.7 Å². The molecule has 8 nitrogen and oxygen atoms in total. The van der Waals surface area contributed by atoms with Crippen molar-refractivity contribution in [2.75, 3.05) is 18.1 Å². The Hall–Kier alpha value is -2.52. The highest BCUT2D eigenvalue weighted by Gasteiger charge is 2.76. The third-order valence-corrected chi connectivity index (χ3v) is 6.65. The van der Waals surface area contributed by atoms with Crippen molar-refractivity contribution in [3.63, 3.8) is 0 Å². The number of carbonyl (C=O) groups excluding carboxylic acids is 2. The van der Waals surface area contributed by atoms with Crippen molar-refractivity contribution in [3.05, 3.63) is 29.3 Å². The van der Waals surface area contributed by atoms with Crippen LogP contribution in [0.5, 0.6) is 0 Å². The van der Waals surface area contributed by atoms with Crippen molar-refractivity contribution in [3.8, 4) is 6.07 Å². The monoisotopic (exact) mass is 454 g/mol. The van der Waals surface area contributed by atoms with E-state index in [2.05, 4.69) is 0 Å². The number of aliphatic hydroxyl groups is 2. The topological polar surface area (TPSA) is 120 Å². The van der Waals surface area contributed by atoms with Crippen molar-refractivity contribution in [1.82, 2.24) is 0 Å². The molecular weight excluding hydrogens is 433 g/mol. The lowest BCUT2D eigenvalue weighted by Crippen LogP contribution is -2.50. The number of imide groups is 1. The zero-order valence-corrected chi connectivity index (χ0v) is 17.2. The molecule has 1 aromatic carbocycles. The second-order valence-corrected chi connectivity index (χ2v) is 8.77. The molecule has 2 amide bonds. The first-order chi connectivity index (χ1) is 14.9. The fourth-order valence-corrected chi connectivity index (χ4v) is 5.26. The second kappa shape index (κ2) is 7.25. The Morgan fingerprint density at radius 3 is 2.56 bits per heavy atom. The minimum Gasteiger partial charge on any atom is -0.394 e. The van der Waals surface area contributed by atoms with Crippen molar-refractivity contribution >= 4 is 17.5 Å². The van der Waals surface area contributed by atoms with Gasteiger partial charge in [0, 0.05) is 6.42 Å². The lowest BCUT2D eigenvalue weighted by atomic mass is 9.67. The van der Waals surface area contributed by atoms with Crippen LogP contribution in [0.15, 0.2) is 18.2 Å². The SMILES string of the molecule is CC12C[C@H](OCC(O)CO)C(C)(O1)[C@@H]1C(=O)N(c3ccc(C#N)c(C(F)(F)F)c3)C(=O)[C@@H]12. The van der Waals surface area contributed by atoms with Crippen LogP contribution in [0.1, 0.15) is 31.4 Å². The van der Waals surface area contributed by atoms with Gasteiger partial charge in [-0.15, -0.1) is 0 Å². The number of anilines is 1. The first-order valence-electron chi connectivity index (χ1n) is 9.97. The first-order valence-corrected chi connectivity index (χ1v) is 9.97. The molecule has 0 radical (unpaired) electrons. The second-order valence-electron chi connectivity index (χ2n) is 8.77. The number of rotatable bonds is 5. The van der Waals surface area contributed by atoms with Crippen molar-refractivity contribution in [2.45, 2.75) is 49.9 Å². The number of ether oxygens (including phenoxy) is 2. The Labute approximate surface area is 181 Å². The van der Waals surface area contributed by atoms with E-state index in [-0.39, 0.29) is 18.7 Å². The highest BCUT2D eigenvalue weighted by Crippen LogP contribution is 2.61. The molecule has 0 aliphatic carbocycles. The van der Waals surface area contributed by atoms with Crippen LogP contribution in [0.2, 0.25) is 0 Å².